The van der Waals surface area contributed by atoms with E-state index in [2.05, 4.69) is 0 Å². The molecule has 9 nitrogen and oxygen atoms in total. The Balaban J connectivity index is 1.80. The first-order valence-electron chi connectivity index (χ1n) is 11.6. The molecule has 5 aromatic rings. The molecule has 0 aliphatic heterocycles. The number of aromatic nitrogens is 5. The summed E-state index contributed by atoms with van der Waals surface area (Å²) in [6, 6.07) is 17.6. The van der Waals surface area contributed by atoms with Crippen LogP contribution >= 0.6 is 0 Å². The number of ether oxygens (including phenoxy) is 2. The second-order valence-corrected chi connectivity index (χ2v) is 8.09. The van der Waals surface area contributed by atoms with E-state index < -0.39 is 11.2 Å². The van der Waals surface area contributed by atoms with Gasteiger partial charge in [0.05, 0.1) is 25.5 Å². The van der Waals surface area contributed by atoms with Gasteiger partial charge < -0.3 is 9.47 Å². The number of hydrogen-bond acceptors (Lipinski definition) is 5. The van der Waals surface area contributed by atoms with Crippen molar-refractivity contribution >= 4 is 16.9 Å². The number of aryl methyl sites for hydroxylation is 1. The maximum atomic E-state index is 13.5. The molecule has 0 aliphatic carbocycles. The highest BCUT2D eigenvalue weighted by Gasteiger charge is 2.22. The smallest absolute Gasteiger partial charge is 0.332 e. The quantitative estimate of drug-likeness (QED) is 0.323. The van der Waals surface area contributed by atoms with Crippen molar-refractivity contribution < 1.29 is 9.47 Å². The Morgan fingerprint density at radius 1 is 0.943 bits per heavy atom. The second kappa shape index (κ2) is 9.27. The summed E-state index contributed by atoms with van der Waals surface area (Å²) in [5.74, 6) is 1.31. The number of rotatable bonds is 8. The van der Waals surface area contributed by atoms with Crippen molar-refractivity contribution in [3.8, 4) is 22.7 Å². The molecule has 0 N–H and O–H groups in total. The summed E-state index contributed by atoms with van der Waals surface area (Å²) in [7, 11) is 1.63. The van der Waals surface area contributed by atoms with Gasteiger partial charge in [-0.1, -0.05) is 30.3 Å². The molecule has 5 rings (SSSR count). The maximum absolute atomic E-state index is 13.5. The highest BCUT2D eigenvalue weighted by Crippen LogP contribution is 2.29. The van der Waals surface area contributed by atoms with Crippen LogP contribution in [0.1, 0.15) is 13.8 Å². The summed E-state index contributed by atoms with van der Waals surface area (Å²) in [6.07, 6.45) is 1.90. The van der Waals surface area contributed by atoms with E-state index in [0.29, 0.717) is 30.2 Å². The molecule has 0 unspecified atom stereocenters. The number of hydrogen-bond donors (Lipinski definition) is 0. The topological polar surface area (TPSA) is 84.7 Å². The van der Waals surface area contributed by atoms with Gasteiger partial charge in [0.25, 0.3) is 5.56 Å². The van der Waals surface area contributed by atoms with Gasteiger partial charge in [-0.3, -0.25) is 22.9 Å². The third-order valence-corrected chi connectivity index (χ3v) is 5.99. The maximum Gasteiger partial charge on any atom is 0.332 e. The second-order valence-electron chi connectivity index (χ2n) is 8.09. The van der Waals surface area contributed by atoms with Gasteiger partial charge in [0.15, 0.2) is 11.2 Å². The lowest BCUT2D eigenvalue weighted by molar-refractivity contribution is 0.137. The van der Waals surface area contributed by atoms with Gasteiger partial charge in [-0.2, -0.15) is 4.98 Å². The largest absolute Gasteiger partial charge is 0.494 e. The van der Waals surface area contributed by atoms with Crippen molar-refractivity contribution in [3.05, 3.63) is 81.6 Å². The Morgan fingerprint density at radius 2 is 1.69 bits per heavy atom. The first-order valence-corrected chi connectivity index (χ1v) is 11.6. The Kier molecular flexibility index (Phi) is 6.00. The SMILES string of the molecule is CCOCCn1c(=O)c2c(nc3n(-c4ccc(OCC)cc4)c(-c4ccccc4)cn23)n(C)c1=O. The molecule has 2 aromatic carbocycles. The number of nitrogens with zero attached hydrogens (tertiary/aromatic N) is 5. The summed E-state index contributed by atoms with van der Waals surface area (Å²) in [5.41, 5.74) is 2.58. The van der Waals surface area contributed by atoms with E-state index in [1.54, 1.807) is 11.4 Å². The monoisotopic (exact) mass is 473 g/mol. The minimum Gasteiger partial charge on any atom is -0.494 e. The van der Waals surface area contributed by atoms with Crippen LogP contribution in [0.15, 0.2) is 70.4 Å². The fourth-order valence-electron chi connectivity index (χ4n) is 4.32. The molecule has 3 aromatic heterocycles. The average Bonchev–Trinajstić information content (AvgIpc) is 3.43. The molecule has 35 heavy (non-hydrogen) atoms. The first-order chi connectivity index (χ1) is 17.0. The van der Waals surface area contributed by atoms with Crippen LogP contribution in [0, 0.1) is 0 Å². The number of fused-ring (bicyclic) bond motifs is 3. The standard InChI is InChI=1S/C26H27N5O4/c1-4-34-16-15-29-24(32)22-23(28(3)26(29)33)27-25-30(22)17-21(18-9-7-6-8-10-18)31(25)19-11-13-20(14-12-19)35-5-2/h6-14,17H,4-5,15-16H2,1-3H3. The Labute approximate surface area is 201 Å². The van der Waals surface area contributed by atoms with Crippen molar-refractivity contribution in [2.45, 2.75) is 20.4 Å². The van der Waals surface area contributed by atoms with Gasteiger partial charge in [-0.25, -0.2) is 4.79 Å². The predicted octanol–water partition coefficient (Wildman–Crippen LogP) is 3.24. The van der Waals surface area contributed by atoms with E-state index >= 15 is 0 Å². The highest BCUT2D eigenvalue weighted by atomic mass is 16.5. The fourth-order valence-corrected chi connectivity index (χ4v) is 4.32. The van der Waals surface area contributed by atoms with Crippen LogP contribution in [0.25, 0.3) is 33.9 Å². The molecule has 0 atom stereocenters. The number of benzene rings is 2. The molecule has 180 valence electrons. The van der Waals surface area contributed by atoms with Crippen LogP contribution in [0.5, 0.6) is 5.75 Å². The van der Waals surface area contributed by atoms with Crippen LogP contribution in [-0.2, 0) is 18.3 Å². The molecule has 0 aliphatic rings. The van der Waals surface area contributed by atoms with Crippen LogP contribution < -0.4 is 16.0 Å². The predicted molar refractivity (Wildman–Crippen MR) is 135 cm³/mol. The lowest BCUT2D eigenvalue weighted by Crippen LogP contribution is -2.40. The van der Waals surface area contributed by atoms with Crippen molar-refractivity contribution in [1.82, 2.24) is 23.1 Å². The molecule has 0 radical (unpaired) electrons. The molecule has 0 saturated carbocycles. The van der Waals surface area contributed by atoms with Crippen LogP contribution in [-0.4, -0.2) is 42.9 Å². The zero-order valence-electron chi connectivity index (χ0n) is 20.0. The molecule has 0 fully saturated rings. The molecule has 0 spiro atoms. The van der Waals surface area contributed by atoms with Crippen molar-refractivity contribution in [2.75, 3.05) is 19.8 Å². The van der Waals surface area contributed by atoms with E-state index in [9.17, 15) is 9.59 Å². The van der Waals surface area contributed by atoms with Crippen LogP contribution in [0.4, 0.5) is 0 Å². The Morgan fingerprint density at radius 3 is 2.37 bits per heavy atom. The van der Waals surface area contributed by atoms with E-state index in [4.69, 9.17) is 14.5 Å². The normalized spacial score (nSPS) is 11.5. The molecule has 9 heteroatoms. The minimum atomic E-state index is -0.418. The lowest BCUT2D eigenvalue weighted by Gasteiger charge is -2.10. The fraction of sp³-hybridized carbons (Fsp3) is 0.269. The summed E-state index contributed by atoms with van der Waals surface area (Å²) in [5, 5.41) is 0. The van der Waals surface area contributed by atoms with Gasteiger partial charge >= 0.3 is 5.69 Å². The Hall–Kier alpha value is -4.11. The Bertz CT molecular complexity index is 1610. The minimum absolute atomic E-state index is 0.174. The van der Waals surface area contributed by atoms with Gasteiger partial charge in [0.1, 0.15) is 5.75 Å². The van der Waals surface area contributed by atoms with E-state index in [0.717, 1.165) is 22.7 Å². The highest BCUT2D eigenvalue weighted by molar-refractivity contribution is 5.79. The summed E-state index contributed by atoms with van der Waals surface area (Å²) < 4.78 is 17.4. The van der Waals surface area contributed by atoms with Crippen LogP contribution in [0.3, 0.4) is 0 Å². The van der Waals surface area contributed by atoms with Crippen LogP contribution in [0.2, 0.25) is 0 Å². The summed E-state index contributed by atoms with van der Waals surface area (Å²) >= 11 is 0. The summed E-state index contributed by atoms with van der Waals surface area (Å²) in [4.78, 5) is 31.2. The molecular formula is C26H27N5O4. The molecule has 0 amide bonds. The average molecular weight is 474 g/mol. The van der Waals surface area contributed by atoms with Gasteiger partial charge in [-0.15, -0.1) is 0 Å². The van der Waals surface area contributed by atoms with Gasteiger partial charge in [0, 0.05) is 31.1 Å². The molecule has 0 bridgehead atoms. The van der Waals surface area contributed by atoms with E-state index in [1.807, 2.05) is 79.2 Å². The van der Waals surface area contributed by atoms with Gasteiger partial charge in [-0.05, 0) is 38.1 Å². The third-order valence-electron chi connectivity index (χ3n) is 5.99. The third kappa shape index (κ3) is 3.83. The zero-order chi connectivity index (χ0) is 24.5. The van der Waals surface area contributed by atoms with E-state index in [1.165, 1.54) is 9.13 Å². The zero-order valence-corrected chi connectivity index (χ0v) is 20.0. The first kappa shape index (κ1) is 22.7. The van der Waals surface area contributed by atoms with Crippen molar-refractivity contribution in [1.29, 1.82) is 0 Å². The van der Waals surface area contributed by atoms with Gasteiger partial charge in [0.2, 0.25) is 5.78 Å². The lowest BCUT2D eigenvalue weighted by atomic mass is 10.1. The molecule has 3 heterocycles. The van der Waals surface area contributed by atoms with Crippen molar-refractivity contribution in [3.63, 3.8) is 0 Å². The van der Waals surface area contributed by atoms with E-state index in [-0.39, 0.29) is 13.2 Å². The number of imidazole rings is 2. The summed E-state index contributed by atoms with van der Waals surface area (Å²) in [6.45, 7) is 5.37. The van der Waals surface area contributed by atoms with Crippen molar-refractivity contribution in [2.24, 2.45) is 7.05 Å². The molecular weight excluding hydrogens is 446 g/mol. The molecule has 0 saturated heterocycles.